The van der Waals surface area contributed by atoms with Gasteiger partial charge in [0.15, 0.2) is 0 Å². The first-order valence-corrected chi connectivity index (χ1v) is 18.1. The molecule has 1 aliphatic rings. The maximum absolute atomic E-state index is 2.99. The van der Waals surface area contributed by atoms with Gasteiger partial charge in [-0.15, -0.1) is 71.0 Å². The molecule has 7 aromatic carbocycles. The van der Waals surface area contributed by atoms with Crippen LogP contribution in [0.15, 0.2) is 146 Å². The number of fused-ring (bicyclic) bond motifs is 5. The summed E-state index contributed by atoms with van der Waals surface area (Å²) in [6.45, 7) is 13.7. The Labute approximate surface area is 325 Å². The van der Waals surface area contributed by atoms with Crippen LogP contribution in [0.1, 0.15) is 70.2 Å². The summed E-state index contributed by atoms with van der Waals surface area (Å²) in [7, 11) is 0. The van der Waals surface area contributed by atoms with Crippen molar-refractivity contribution in [2.24, 2.45) is 0 Å². The molecule has 0 amide bonds. The molecule has 0 atom stereocenters. The number of rotatable bonds is 2. The first kappa shape index (κ1) is 39.3. The fourth-order valence-electron chi connectivity index (χ4n) is 6.13. The van der Waals surface area contributed by atoms with Gasteiger partial charge < -0.3 is 0 Å². The van der Waals surface area contributed by atoms with Crippen molar-refractivity contribution in [3.8, 4) is 0 Å². The van der Waals surface area contributed by atoms with Crippen LogP contribution in [0.25, 0.3) is 43.1 Å². The summed E-state index contributed by atoms with van der Waals surface area (Å²) in [5.41, 5.74) is 5.85. The standard InChI is InChI=1S/C21H14.C21H25.C5H5.2ClH.Zr/c1-3-7-20-14-16(9-11-18(20)5-1)13-17-10-12-19-6-2-4-8-21(19)15-17;1-20(2,3)16-9-7-14-11-15-8-10-17(21(4,5)6)13-19(15)18(14)12-16;1-2-4-5-3-1;;;/h1-12,14-15H;7-13H,1-6H3;1-3H,4H2;2*1H;/q;2*-1;;;+2. The van der Waals surface area contributed by atoms with Gasteiger partial charge in [0.1, 0.15) is 0 Å². The van der Waals surface area contributed by atoms with Gasteiger partial charge in [-0.25, -0.2) is 12.2 Å². The third-order valence-electron chi connectivity index (χ3n) is 9.10. The van der Waals surface area contributed by atoms with Gasteiger partial charge >= 0.3 is 145 Å². The summed E-state index contributed by atoms with van der Waals surface area (Å²) >= 11 is 1.44. The van der Waals surface area contributed by atoms with E-state index in [9.17, 15) is 0 Å². The Balaban J connectivity index is 0.000000190. The number of hydrogen-bond donors (Lipinski definition) is 0. The predicted molar refractivity (Wildman–Crippen MR) is 222 cm³/mol. The fraction of sp³-hybridized carbons (Fsp3) is 0.191. The molecule has 252 valence electrons. The van der Waals surface area contributed by atoms with Gasteiger partial charge in [0.05, 0.1) is 0 Å². The Morgan fingerprint density at radius 1 is 0.560 bits per heavy atom. The van der Waals surface area contributed by atoms with Crippen molar-refractivity contribution in [2.75, 3.05) is 0 Å². The van der Waals surface area contributed by atoms with Gasteiger partial charge in [0.2, 0.25) is 0 Å². The normalized spacial score (nSPS) is 12.2. The van der Waals surface area contributed by atoms with Crippen LogP contribution in [-0.4, -0.2) is 3.21 Å². The van der Waals surface area contributed by atoms with Crippen LogP contribution in [-0.2, 0) is 35.1 Å². The Morgan fingerprint density at radius 2 is 1.00 bits per heavy atom. The quantitative estimate of drug-likeness (QED) is 0.154. The Hall–Kier alpha value is -3.48. The monoisotopic (exact) mass is 770 g/mol. The minimum absolute atomic E-state index is 0. The molecule has 0 unspecified atom stereocenters. The van der Waals surface area contributed by atoms with E-state index in [1.54, 1.807) is 0 Å². The molecule has 0 aromatic heterocycles. The molecule has 50 heavy (non-hydrogen) atoms. The predicted octanol–water partition coefficient (Wildman–Crippen LogP) is 13.6. The van der Waals surface area contributed by atoms with Crippen molar-refractivity contribution in [3.63, 3.8) is 0 Å². The molecule has 0 radical (unpaired) electrons. The van der Waals surface area contributed by atoms with Crippen molar-refractivity contribution in [3.05, 3.63) is 174 Å². The molecule has 0 saturated carbocycles. The molecular weight excluding hydrogens is 727 g/mol. The van der Waals surface area contributed by atoms with Gasteiger partial charge in [-0.3, -0.25) is 6.08 Å². The number of benzene rings is 6. The summed E-state index contributed by atoms with van der Waals surface area (Å²) < 4.78 is 1.41. The molecule has 0 heterocycles. The van der Waals surface area contributed by atoms with Gasteiger partial charge in [-0.2, -0.15) is 6.08 Å². The molecule has 0 spiro atoms. The van der Waals surface area contributed by atoms with Crippen molar-refractivity contribution in [2.45, 2.75) is 58.8 Å². The molecule has 0 fully saturated rings. The van der Waals surface area contributed by atoms with E-state index in [1.165, 1.54) is 92.8 Å². The van der Waals surface area contributed by atoms with E-state index in [0.29, 0.717) is 0 Å². The zero-order valence-electron chi connectivity index (χ0n) is 29.9. The van der Waals surface area contributed by atoms with E-state index in [2.05, 4.69) is 181 Å². The van der Waals surface area contributed by atoms with Gasteiger partial charge in [0.25, 0.3) is 0 Å². The van der Waals surface area contributed by atoms with Crippen LogP contribution in [0.5, 0.6) is 0 Å². The van der Waals surface area contributed by atoms with Gasteiger partial charge in [-0.1, -0.05) is 76.9 Å². The minimum atomic E-state index is 0. The third kappa shape index (κ3) is 9.24. The summed E-state index contributed by atoms with van der Waals surface area (Å²) in [6, 6.07) is 46.7. The van der Waals surface area contributed by atoms with E-state index in [1.807, 2.05) is 12.2 Å². The molecule has 0 bridgehead atoms. The van der Waals surface area contributed by atoms with Crippen LogP contribution in [0.4, 0.5) is 0 Å². The average Bonchev–Trinajstić information content (AvgIpc) is 3.79. The molecule has 1 aliphatic carbocycles. The van der Waals surface area contributed by atoms with Crippen molar-refractivity contribution < 1.29 is 24.2 Å². The van der Waals surface area contributed by atoms with E-state index >= 15 is 0 Å². The molecule has 3 heteroatoms. The van der Waals surface area contributed by atoms with Crippen molar-refractivity contribution in [1.82, 2.24) is 0 Å². The van der Waals surface area contributed by atoms with E-state index in [4.69, 9.17) is 0 Å². The molecule has 7 aromatic rings. The third-order valence-corrected chi connectivity index (χ3v) is 10.5. The summed E-state index contributed by atoms with van der Waals surface area (Å²) in [5, 5.41) is 10.7. The molecule has 0 nitrogen and oxygen atoms in total. The summed E-state index contributed by atoms with van der Waals surface area (Å²) in [5.74, 6) is 0. The molecular formula is C47H46Cl2Zr. The number of halogens is 2. The van der Waals surface area contributed by atoms with Crippen molar-refractivity contribution >= 4 is 71.1 Å². The molecule has 0 N–H and O–H groups in total. The molecule has 8 rings (SSSR count). The fourth-order valence-corrected chi connectivity index (χ4v) is 6.89. The second kappa shape index (κ2) is 16.7. The van der Waals surface area contributed by atoms with Crippen LogP contribution >= 0.6 is 24.8 Å². The maximum atomic E-state index is 2.99. The van der Waals surface area contributed by atoms with Crippen LogP contribution in [0, 0.1) is 6.08 Å². The average molecular weight is 773 g/mol. The molecule has 0 saturated heterocycles. The Bertz CT molecular complexity index is 2150. The topological polar surface area (TPSA) is 0 Å². The first-order chi connectivity index (χ1) is 23.0. The zero-order chi connectivity index (χ0) is 33.9. The molecule has 0 aliphatic heterocycles. The van der Waals surface area contributed by atoms with E-state index in [-0.39, 0.29) is 35.6 Å². The van der Waals surface area contributed by atoms with Gasteiger partial charge in [-0.05, 0) is 10.8 Å². The summed E-state index contributed by atoms with van der Waals surface area (Å²) in [4.78, 5) is 0. The van der Waals surface area contributed by atoms with E-state index < -0.39 is 0 Å². The van der Waals surface area contributed by atoms with Crippen LogP contribution in [0.2, 0.25) is 0 Å². The van der Waals surface area contributed by atoms with E-state index in [0.717, 1.165) is 6.42 Å². The number of hydrogen-bond acceptors (Lipinski definition) is 0. The van der Waals surface area contributed by atoms with Crippen LogP contribution in [0.3, 0.4) is 0 Å². The SMILES string of the molecule is CC(C)(C)c1ccc2[cH-]c3ccc(C(C)(C)C)cc3c2c1.Cl.Cl.[C-]1=CC=CC1.[Zr+2]=[C](c1ccc2ccccc2c1)c1ccc2ccccc2c1. The van der Waals surface area contributed by atoms with Gasteiger partial charge in [0, 0.05) is 0 Å². The van der Waals surface area contributed by atoms with Crippen LogP contribution < -0.4 is 0 Å². The Kier molecular flexibility index (Phi) is 13.1. The second-order valence-electron chi connectivity index (χ2n) is 14.8. The number of allylic oxidation sites excluding steroid dienone is 4. The van der Waals surface area contributed by atoms with Crippen molar-refractivity contribution in [1.29, 1.82) is 0 Å². The Morgan fingerprint density at radius 3 is 1.36 bits per heavy atom. The zero-order valence-corrected chi connectivity index (χ0v) is 34.0. The summed E-state index contributed by atoms with van der Waals surface area (Å²) in [6.07, 6.45) is 10.0. The first-order valence-electron chi connectivity index (χ1n) is 16.9. The second-order valence-corrected chi connectivity index (χ2v) is 16.0.